The molecule has 0 aliphatic heterocycles. The van der Waals surface area contributed by atoms with Crippen LogP contribution in [-0.2, 0) is 19.4 Å². The Labute approximate surface area is 222 Å². The fourth-order valence-electron chi connectivity index (χ4n) is 5.12. The summed E-state index contributed by atoms with van der Waals surface area (Å²) in [5.74, 6) is 2.59. The molecule has 1 atom stereocenters. The van der Waals surface area contributed by atoms with Gasteiger partial charge in [-0.3, -0.25) is 0 Å². The Morgan fingerprint density at radius 1 is 0.973 bits per heavy atom. The molecule has 0 heterocycles. The minimum Gasteiger partial charge on any atom is -0.508 e. The number of phenols is 1. The van der Waals surface area contributed by atoms with Gasteiger partial charge in [0.05, 0.1) is 7.11 Å². The average Bonchev–Trinajstić information content (AvgIpc) is 2.91. The maximum atomic E-state index is 9.89. The highest BCUT2D eigenvalue weighted by Gasteiger charge is 2.24. The first-order valence-electron chi connectivity index (χ1n) is 13.5. The van der Waals surface area contributed by atoms with Crippen molar-refractivity contribution < 1.29 is 14.6 Å². The van der Waals surface area contributed by atoms with Crippen LogP contribution >= 0.6 is 0 Å². The summed E-state index contributed by atoms with van der Waals surface area (Å²) in [6.07, 6.45) is 3.05. The summed E-state index contributed by atoms with van der Waals surface area (Å²) in [6, 6.07) is 21.4. The number of hydrogen-bond donors (Lipinski definition) is 1. The van der Waals surface area contributed by atoms with Crippen molar-refractivity contribution in [2.45, 2.75) is 58.5 Å². The molecule has 0 aromatic heterocycles. The summed E-state index contributed by atoms with van der Waals surface area (Å²) in [7, 11) is 3.86. The van der Waals surface area contributed by atoms with Crippen LogP contribution in [0.3, 0.4) is 0 Å². The van der Waals surface area contributed by atoms with Crippen LogP contribution in [0.4, 0.5) is 5.69 Å². The van der Waals surface area contributed by atoms with E-state index in [1.54, 1.807) is 7.11 Å². The van der Waals surface area contributed by atoms with Crippen LogP contribution in [0.15, 0.2) is 60.7 Å². The fraction of sp³-hybridized carbons (Fsp3) is 0.438. The minimum absolute atomic E-state index is 0.360. The van der Waals surface area contributed by atoms with Crippen LogP contribution in [0.1, 0.15) is 55.4 Å². The molecule has 0 saturated carbocycles. The van der Waals surface area contributed by atoms with Crippen LogP contribution in [0.25, 0.3) is 0 Å². The van der Waals surface area contributed by atoms with Gasteiger partial charge in [-0.2, -0.15) is 0 Å². The first kappa shape index (κ1) is 26.9. The van der Waals surface area contributed by atoms with Crippen molar-refractivity contribution in [2.75, 3.05) is 38.8 Å². The van der Waals surface area contributed by atoms with Crippen molar-refractivity contribution in [3.8, 4) is 17.2 Å². The zero-order chi connectivity index (χ0) is 26.4. The third kappa shape index (κ3) is 6.78. The average molecular weight is 503 g/mol. The van der Waals surface area contributed by atoms with E-state index < -0.39 is 0 Å². The van der Waals surface area contributed by atoms with E-state index in [2.05, 4.69) is 86.1 Å². The van der Waals surface area contributed by atoms with Gasteiger partial charge in [-0.05, 0) is 106 Å². The second-order valence-corrected chi connectivity index (χ2v) is 10.4. The summed E-state index contributed by atoms with van der Waals surface area (Å²) in [5, 5.41) is 9.89. The predicted octanol–water partition coefficient (Wildman–Crippen LogP) is 6.42. The van der Waals surface area contributed by atoms with Gasteiger partial charge < -0.3 is 24.4 Å². The van der Waals surface area contributed by atoms with Crippen LogP contribution in [0.5, 0.6) is 17.2 Å². The monoisotopic (exact) mass is 502 g/mol. The molecule has 1 aliphatic rings. The third-order valence-electron chi connectivity index (χ3n) is 7.71. The number of anilines is 1. The second-order valence-electron chi connectivity index (χ2n) is 10.4. The number of ether oxygens (including phenoxy) is 2. The number of nitrogens with zero attached hydrogens (tertiary/aromatic N) is 2. The third-order valence-corrected chi connectivity index (χ3v) is 7.71. The molecule has 0 fully saturated rings. The van der Waals surface area contributed by atoms with E-state index in [0.29, 0.717) is 24.3 Å². The molecule has 0 spiro atoms. The van der Waals surface area contributed by atoms with E-state index in [4.69, 9.17) is 9.47 Å². The summed E-state index contributed by atoms with van der Waals surface area (Å²) in [5.41, 5.74) is 6.49. The molecule has 3 aromatic carbocycles. The largest absolute Gasteiger partial charge is 0.508 e. The molecule has 0 radical (unpaired) electrons. The molecule has 0 bridgehead atoms. The lowest BCUT2D eigenvalue weighted by atomic mass is 9.79. The lowest BCUT2D eigenvalue weighted by molar-refractivity contribution is 0.208. The Kier molecular flexibility index (Phi) is 8.99. The standard InChI is InChI=1S/C32H42N2O3/c1-6-34(22-24-7-13-29(14-8-24)37-18-17-33(4)23(2)3)32-21-30(36-5)15-16-31(32)27-10-9-26-20-28(35)12-11-25(26)19-27/h7-8,11-16,20-21,23,27,35H,6,9-10,17-19,22H2,1-5H3. The van der Waals surface area contributed by atoms with Crippen molar-refractivity contribution in [2.24, 2.45) is 0 Å². The number of hydrogen-bond acceptors (Lipinski definition) is 5. The van der Waals surface area contributed by atoms with Crippen molar-refractivity contribution >= 4 is 5.69 Å². The SMILES string of the molecule is CCN(Cc1ccc(OCCN(C)C(C)C)cc1)c1cc(OC)ccc1C1CCc2cc(O)ccc2C1. The van der Waals surface area contributed by atoms with Gasteiger partial charge >= 0.3 is 0 Å². The van der Waals surface area contributed by atoms with Crippen LogP contribution < -0.4 is 14.4 Å². The van der Waals surface area contributed by atoms with Crippen LogP contribution in [-0.4, -0.2) is 49.9 Å². The Morgan fingerprint density at radius 2 is 1.73 bits per heavy atom. The van der Waals surface area contributed by atoms with E-state index in [0.717, 1.165) is 50.4 Å². The molecule has 5 nitrogen and oxygen atoms in total. The number of methoxy groups -OCH3 is 1. The first-order chi connectivity index (χ1) is 17.9. The first-order valence-corrected chi connectivity index (χ1v) is 13.5. The van der Waals surface area contributed by atoms with Gasteiger partial charge in [-0.15, -0.1) is 0 Å². The quantitative estimate of drug-likeness (QED) is 0.328. The molecule has 4 rings (SSSR count). The zero-order valence-electron chi connectivity index (χ0n) is 23.0. The van der Waals surface area contributed by atoms with Gasteiger partial charge in [0.15, 0.2) is 0 Å². The lowest BCUT2D eigenvalue weighted by Crippen LogP contribution is -2.30. The number of likely N-dealkylation sites (N-methyl/N-ethyl adjacent to an activating group) is 1. The number of rotatable bonds is 11. The van der Waals surface area contributed by atoms with E-state index >= 15 is 0 Å². The highest BCUT2D eigenvalue weighted by atomic mass is 16.5. The highest BCUT2D eigenvalue weighted by molar-refractivity contribution is 5.60. The van der Waals surface area contributed by atoms with Crippen molar-refractivity contribution in [1.29, 1.82) is 0 Å². The molecule has 0 amide bonds. The number of benzene rings is 3. The molecule has 1 unspecified atom stereocenters. The molecular formula is C32H42N2O3. The summed E-state index contributed by atoms with van der Waals surface area (Å²) < 4.78 is 11.6. The molecule has 198 valence electrons. The summed E-state index contributed by atoms with van der Waals surface area (Å²) in [6.45, 7) is 9.93. The molecule has 5 heteroatoms. The van der Waals surface area contributed by atoms with Gasteiger partial charge in [-0.25, -0.2) is 0 Å². The molecule has 3 aromatic rings. The summed E-state index contributed by atoms with van der Waals surface area (Å²) >= 11 is 0. The number of aryl methyl sites for hydroxylation is 1. The topological polar surface area (TPSA) is 45.2 Å². The fourth-order valence-corrected chi connectivity index (χ4v) is 5.12. The molecule has 0 saturated heterocycles. The van der Waals surface area contributed by atoms with E-state index in [1.165, 1.54) is 27.9 Å². The number of phenolic OH excluding ortho intramolecular Hbond substituents is 1. The van der Waals surface area contributed by atoms with Crippen LogP contribution in [0.2, 0.25) is 0 Å². The van der Waals surface area contributed by atoms with Crippen molar-refractivity contribution in [1.82, 2.24) is 4.90 Å². The van der Waals surface area contributed by atoms with E-state index in [-0.39, 0.29) is 0 Å². The Balaban J connectivity index is 1.49. The minimum atomic E-state index is 0.360. The smallest absolute Gasteiger partial charge is 0.120 e. The Morgan fingerprint density at radius 3 is 2.43 bits per heavy atom. The predicted molar refractivity (Wildman–Crippen MR) is 152 cm³/mol. The van der Waals surface area contributed by atoms with Gasteiger partial charge in [0.2, 0.25) is 0 Å². The molecule has 1 N–H and O–H groups in total. The highest BCUT2D eigenvalue weighted by Crippen LogP contribution is 2.40. The second kappa shape index (κ2) is 12.4. The van der Waals surface area contributed by atoms with Gasteiger partial charge in [-0.1, -0.05) is 24.3 Å². The van der Waals surface area contributed by atoms with Gasteiger partial charge in [0.1, 0.15) is 23.9 Å². The maximum absolute atomic E-state index is 9.89. The Bertz CT molecular complexity index is 1160. The summed E-state index contributed by atoms with van der Waals surface area (Å²) in [4.78, 5) is 4.73. The Hall–Kier alpha value is -3.18. The molecular weight excluding hydrogens is 460 g/mol. The zero-order valence-corrected chi connectivity index (χ0v) is 23.0. The van der Waals surface area contributed by atoms with Crippen molar-refractivity contribution in [3.05, 3.63) is 82.9 Å². The number of aromatic hydroxyl groups is 1. The maximum Gasteiger partial charge on any atom is 0.120 e. The van der Waals surface area contributed by atoms with Crippen LogP contribution in [0, 0.1) is 0 Å². The molecule has 1 aliphatic carbocycles. The normalized spacial score (nSPS) is 15.1. The lowest BCUT2D eigenvalue weighted by Gasteiger charge is -2.32. The number of fused-ring (bicyclic) bond motifs is 1. The van der Waals surface area contributed by atoms with Crippen molar-refractivity contribution in [3.63, 3.8) is 0 Å². The van der Waals surface area contributed by atoms with E-state index in [1.807, 2.05) is 12.1 Å². The van der Waals surface area contributed by atoms with Gasteiger partial charge in [0.25, 0.3) is 0 Å². The van der Waals surface area contributed by atoms with Gasteiger partial charge in [0, 0.05) is 37.4 Å². The molecule has 37 heavy (non-hydrogen) atoms. The van der Waals surface area contributed by atoms with E-state index in [9.17, 15) is 5.11 Å².